The highest BCUT2D eigenvalue weighted by Gasteiger charge is 2.25. The Balaban J connectivity index is 1.55. The van der Waals surface area contributed by atoms with E-state index in [4.69, 9.17) is 23.2 Å². The fourth-order valence-corrected chi connectivity index (χ4v) is 5.60. The van der Waals surface area contributed by atoms with Gasteiger partial charge in [0.15, 0.2) is 0 Å². The van der Waals surface area contributed by atoms with Gasteiger partial charge in [-0.3, -0.25) is 9.59 Å². The Morgan fingerprint density at radius 2 is 1.70 bits per heavy atom. The van der Waals surface area contributed by atoms with Crippen LogP contribution in [0.25, 0.3) is 0 Å². The molecular formula is C28H30Cl2FN3O2S. The topological polar surface area (TPSA) is 43.9 Å². The third kappa shape index (κ3) is 7.54. The molecule has 0 radical (unpaired) electrons. The third-order valence-corrected chi connectivity index (χ3v) is 8.35. The van der Waals surface area contributed by atoms with Gasteiger partial charge in [0.25, 0.3) is 5.91 Å². The Morgan fingerprint density at radius 1 is 0.973 bits per heavy atom. The number of carbonyl (C=O) groups is 2. The molecule has 2 amide bonds. The second-order valence-electron chi connectivity index (χ2n) is 9.31. The van der Waals surface area contributed by atoms with Crippen LogP contribution >= 0.6 is 34.5 Å². The van der Waals surface area contributed by atoms with Crippen LogP contribution in [0.4, 0.5) is 4.39 Å². The molecule has 196 valence electrons. The standard InChI is InChI=1S/C28H30Cl2FN3O2S/c1-20-10-15-37-26(20)18-34(17-21-4-7-23(31)8-5-21)27(35)19-33(14-13-32-11-2-3-12-32)28(36)22-6-9-24(29)25(30)16-22/h4-10,15-16H,2-3,11-14,17-19H2,1H3. The van der Waals surface area contributed by atoms with Gasteiger partial charge in [0.1, 0.15) is 12.4 Å². The van der Waals surface area contributed by atoms with E-state index in [-0.39, 0.29) is 24.2 Å². The quantitative estimate of drug-likeness (QED) is 0.293. The second kappa shape index (κ2) is 12.9. The van der Waals surface area contributed by atoms with Gasteiger partial charge >= 0.3 is 0 Å². The minimum absolute atomic E-state index is 0.0709. The van der Waals surface area contributed by atoms with Crippen molar-refractivity contribution < 1.29 is 14.0 Å². The molecular weight excluding hydrogens is 532 g/mol. The van der Waals surface area contributed by atoms with Crippen LogP contribution < -0.4 is 0 Å². The van der Waals surface area contributed by atoms with Gasteiger partial charge in [0, 0.05) is 30.1 Å². The highest BCUT2D eigenvalue weighted by molar-refractivity contribution is 7.10. The van der Waals surface area contributed by atoms with Gasteiger partial charge in [-0.05, 0) is 85.8 Å². The van der Waals surface area contributed by atoms with E-state index in [1.54, 1.807) is 51.5 Å². The molecule has 4 rings (SSSR count). The van der Waals surface area contributed by atoms with Crippen LogP contribution in [0.1, 0.15) is 39.2 Å². The zero-order valence-corrected chi connectivity index (χ0v) is 23.1. The summed E-state index contributed by atoms with van der Waals surface area (Å²) in [6.45, 7) is 5.79. The van der Waals surface area contributed by atoms with E-state index < -0.39 is 0 Å². The molecule has 0 spiro atoms. The summed E-state index contributed by atoms with van der Waals surface area (Å²) < 4.78 is 13.5. The normalized spacial score (nSPS) is 13.6. The molecule has 1 aliphatic heterocycles. The monoisotopic (exact) mass is 561 g/mol. The van der Waals surface area contributed by atoms with Crippen molar-refractivity contribution in [3.63, 3.8) is 0 Å². The number of rotatable bonds is 10. The molecule has 2 aromatic carbocycles. The predicted molar refractivity (Wildman–Crippen MR) is 148 cm³/mol. The molecule has 0 unspecified atom stereocenters. The smallest absolute Gasteiger partial charge is 0.254 e. The first-order valence-corrected chi connectivity index (χ1v) is 14.0. The molecule has 1 saturated heterocycles. The zero-order chi connectivity index (χ0) is 26.4. The molecule has 37 heavy (non-hydrogen) atoms. The number of hydrogen-bond donors (Lipinski definition) is 0. The zero-order valence-electron chi connectivity index (χ0n) is 20.8. The molecule has 1 aliphatic rings. The fraction of sp³-hybridized carbons (Fsp3) is 0.357. The SMILES string of the molecule is Cc1ccsc1CN(Cc1ccc(F)cc1)C(=O)CN(CCN1CCCC1)C(=O)c1ccc(Cl)c(Cl)c1. The van der Waals surface area contributed by atoms with Crippen molar-refractivity contribution in [3.8, 4) is 0 Å². The van der Waals surface area contributed by atoms with Crippen molar-refractivity contribution in [1.82, 2.24) is 14.7 Å². The lowest BCUT2D eigenvalue weighted by atomic mass is 10.1. The Hall–Kier alpha value is -2.45. The lowest BCUT2D eigenvalue weighted by molar-refractivity contribution is -0.133. The summed E-state index contributed by atoms with van der Waals surface area (Å²) in [6.07, 6.45) is 2.29. The predicted octanol–water partition coefficient (Wildman–Crippen LogP) is 6.27. The average Bonchev–Trinajstić information content (AvgIpc) is 3.55. The minimum atomic E-state index is -0.323. The van der Waals surface area contributed by atoms with Crippen molar-refractivity contribution >= 4 is 46.4 Å². The summed E-state index contributed by atoms with van der Waals surface area (Å²) in [5.41, 5.74) is 2.32. The number of benzene rings is 2. The van der Waals surface area contributed by atoms with E-state index in [0.717, 1.165) is 41.9 Å². The number of aryl methyl sites for hydroxylation is 1. The van der Waals surface area contributed by atoms with Crippen molar-refractivity contribution in [2.75, 3.05) is 32.7 Å². The maximum Gasteiger partial charge on any atom is 0.254 e. The van der Waals surface area contributed by atoms with Crippen molar-refractivity contribution in [2.24, 2.45) is 0 Å². The number of likely N-dealkylation sites (tertiary alicyclic amines) is 1. The molecule has 2 heterocycles. The second-order valence-corrected chi connectivity index (χ2v) is 11.1. The maximum absolute atomic E-state index is 13.7. The molecule has 1 fully saturated rings. The lowest BCUT2D eigenvalue weighted by Crippen LogP contribution is -2.45. The summed E-state index contributed by atoms with van der Waals surface area (Å²) in [7, 11) is 0. The molecule has 0 bridgehead atoms. The van der Waals surface area contributed by atoms with Gasteiger partial charge in [0.2, 0.25) is 5.91 Å². The highest BCUT2D eigenvalue weighted by Crippen LogP contribution is 2.24. The Morgan fingerprint density at radius 3 is 2.35 bits per heavy atom. The molecule has 0 atom stereocenters. The molecule has 1 aromatic heterocycles. The first-order chi connectivity index (χ1) is 17.8. The van der Waals surface area contributed by atoms with Crippen molar-refractivity contribution in [3.05, 3.63) is 91.3 Å². The number of hydrogen-bond acceptors (Lipinski definition) is 4. The highest BCUT2D eigenvalue weighted by atomic mass is 35.5. The van der Waals surface area contributed by atoms with Crippen LogP contribution in [0.5, 0.6) is 0 Å². The Kier molecular flexibility index (Phi) is 9.60. The molecule has 5 nitrogen and oxygen atoms in total. The first-order valence-electron chi connectivity index (χ1n) is 12.3. The van der Waals surface area contributed by atoms with E-state index in [9.17, 15) is 14.0 Å². The number of amides is 2. The van der Waals surface area contributed by atoms with Crippen LogP contribution in [0.2, 0.25) is 10.0 Å². The number of carbonyl (C=O) groups excluding carboxylic acids is 2. The maximum atomic E-state index is 13.7. The van der Waals surface area contributed by atoms with Crippen LogP contribution in [0.15, 0.2) is 53.9 Å². The van der Waals surface area contributed by atoms with Crippen LogP contribution in [-0.4, -0.2) is 59.2 Å². The van der Waals surface area contributed by atoms with Gasteiger partial charge in [-0.2, -0.15) is 0 Å². The van der Waals surface area contributed by atoms with E-state index in [0.29, 0.717) is 41.8 Å². The Labute approximate surface area is 231 Å². The van der Waals surface area contributed by atoms with Crippen LogP contribution in [0, 0.1) is 12.7 Å². The van der Waals surface area contributed by atoms with E-state index in [1.807, 2.05) is 18.4 Å². The average molecular weight is 563 g/mol. The number of halogens is 3. The molecule has 0 saturated carbocycles. The summed E-state index contributed by atoms with van der Waals surface area (Å²) >= 11 is 13.8. The van der Waals surface area contributed by atoms with E-state index >= 15 is 0 Å². The minimum Gasteiger partial charge on any atom is -0.332 e. The van der Waals surface area contributed by atoms with Gasteiger partial charge in [-0.25, -0.2) is 4.39 Å². The van der Waals surface area contributed by atoms with Gasteiger partial charge < -0.3 is 14.7 Å². The Bertz CT molecular complexity index is 1230. The number of nitrogens with zero attached hydrogens (tertiary/aromatic N) is 3. The molecule has 3 aromatic rings. The van der Waals surface area contributed by atoms with Gasteiger partial charge in [-0.1, -0.05) is 35.3 Å². The van der Waals surface area contributed by atoms with Crippen molar-refractivity contribution in [1.29, 1.82) is 0 Å². The van der Waals surface area contributed by atoms with Crippen LogP contribution in [-0.2, 0) is 17.9 Å². The van der Waals surface area contributed by atoms with Gasteiger partial charge in [-0.15, -0.1) is 11.3 Å². The molecule has 0 N–H and O–H groups in total. The lowest BCUT2D eigenvalue weighted by Gasteiger charge is -2.29. The van der Waals surface area contributed by atoms with Gasteiger partial charge in [0.05, 0.1) is 16.6 Å². The number of thiophene rings is 1. The largest absolute Gasteiger partial charge is 0.332 e. The summed E-state index contributed by atoms with van der Waals surface area (Å²) in [5, 5.41) is 2.67. The van der Waals surface area contributed by atoms with E-state index in [1.165, 1.54) is 12.1 Å². The fourth-order valence-electron chi connectivity index (χ4n) is 4.38. The molecule has 9 heteroatoms. The first kappa shape index (κ1) is 27.6. The third-order valence-electron chi connectivity index (χ3n) is 6.61. The van der Waals surface area contributed by atoms with E-state index in [2.05, 4.69) is 4.90 Å². The summed E-state index contributed by atoms with van der Waals surface area (Å²) in [6, 6.07) is 13.0. The van der Waals surface area contributed by atoms with Crippen LogP contribution in [0.3, 0.4) is 0 Å². The molecule has 0 aliphatic carbocycles. The summed E-state index contributed by atoms with van der Waals surface area (Å²) in [5.74, 6) is -0.761. The summed E-state index contributed by atoms with van der Waals surface area (Å²) in [4.78, 5) is 34.0. The van der Waals surface area contributed by atoms with Crippen molar-refractivity contribution in [2.45, 2.75) is 32.9 Å².